The van der Waals surface area contributed by atoms with Crippen LogP contribution in [-0.4, -0.2) is 6.18 Å². The van der Waals surface area contributed by atoms with Crippen LogP contribution in [0.3, 0.4) is 0 Å². The molecule has 3 aromatic carbocycles. The van der Waals surface area contributed by atoms with Crippen LogP contribution in [0.15, 0.2) is 84.9 Å². The average Bonchev–Trinajstić information content (AvgIpc) is 2.78. The summed E-state index contributed by atoms with van der Waals surface area (Å²) in [4.78, 5) is 0. The molecule has 0 nitrogen and oxygen atoms in total. The molecule has 0 N–H and O–H groups in total. The second-order valence-electron chi connectivity index (χ2n) is 7.74. The molecule has 1 atom stereocenters. The fourth-order valence-corrected chi connectivity index (χ4v) is 3.58. The molecule has 166 valence electrons. The Hall–Kier alpha value is -3.14. The summed E-state index contributed by atoms with van der Waals surface area (Å²) in [5.74, 6) is -1.77. The summed E-state index contributed by atoms with van der Waals surface area (Å²) in [6.45, 7) is 1.94. The van der Waals surface area contributed by atoms with E-state index >= 15 is 0 Å². The normalized spacial score (nSPS) is 13.2. The lowest BCUT2D eigenvalue weighted by Gasteiger charge is -2.21. The number of allylic oxidation sites excluding steroid dienone is 2. The van der Waals surface area contributed by atoms with Crippen LogP contribution in [0, 0.1) is 5.82 Å². The predicted octanol–water partition coefficient (Wildman–Crippen LogP) is 8.39. The molecule has 0 aliphatic carbocycles. The third-order valence-corrected chi connectivity index (χ3v) is 5.38. The number of halogens is 4. The Morgan fingerprint density at radius 1 is 0.844 bits per heavy atom. The van der Waals surface area contributed by atoms with Gasteiger partial charge in [0.05, 0.1) is 5.92 Å². The predicted molar refractivity (Wildman–Crippen MR) is 124 cm³/mol. The molecule has 0 amide bonds. The van der Waals surface area contributed by atoms with Crippen molar-refractivity contribution in [3.05, 3.63) is 119 Å². The second kappa shape index (κ2) is 10.9. The first-order valence-corrected chi connectivity index (χ1v) is 10.6. The highest BCUT2D eigenvalue weighted by atomic mass is 19.4. The van der Waals surface area contributed by atoms with E-state index in [0.717, 1.165) is 17.5 Å². The number of hydrogen-bond donors (Lipinski definition) is 0. The van der Waals surface area contributed by atoms with Crippen LogP contribution in [0.2, 0.25) is 0 Å². The molecule has 0 unspecified atom stereocenters. The van der Waals surface area contributed by atoms with Crippen LogP contribution in [-0.2, 0) is 12.8 Å². The quantitative estimate of drug-likeness (QED) is 0.188. The van der Waals surface area contributed by atoms with Gasteiger partial charge in [-0.25, -0.2) is 4.39 Å². The minimum Gasteiger partial charge on any atom is -0.207 e. The van der Waals surface area contributed by atoms with Crippen molar-refractivity contribution in [1.29, 1.82) is 0 Å². The Balaban J connectivity index is 1.68. The van der Waals surface area contributed by atoms with Gasteiger partial charge in [-0.3, -0.25) is 0 Å². The molecule has 0 bridgehead atoms. The van der Waals surface area contributed by atoms with Crippen molar-refractivity contribution < 1.29 is 17.6 Å². The van der Waals surface area contributed by atoms with E-state index in [4.69, 9.17) is 0 Å². The first-order chi connectivity index (χ1) is 15.4. The summed E-state index contributed by atoms with van der Waals surface area (Å²) in [7, 11) is 0. The van der Waals surface area contributed by atoms with E-state index in [9.17, 15) is 17.6 Å². The van der Waals surface area contributed by atoms with Gasteiger partial charge < -0.3 is 0 Å². The minimum atomic E-state index is -4.32. The van der Waals surface area contributed by atoms with Gasteiger partial charge in [0, 0.05) is 0 Å². The molecular formula is C28H26F4. The summed E-state index contributed by atoms with van der Waals surface area (Å²) in [6.07, 6.45) is 4.62. The van der Waals surface area contributed by atoms with E-state index in [2.05, 4.69) is 0 Å². The monoisotopic (exact) mass is 438 g/mol. The topological polar surface area (TPSA) is 0 Å². The van der Waals surface area contributed by atoms with Crippen LogP contribution >= 0.6 is 0 Å². The van der Waals surface area contributed by atoms with Gasteiger partial charge in [-0.15, -0.1) is 0 Å². The maximum atomic E-state index is 14.3. The van der Waals surface area contributed by atoms with E-state index in [1.807, 2.05) is 31.2 Å². The van der Waals surface area contributed by atoms with Crippen LogP contribution in [0.1, 0.15) is 47.1 Å². The molecule has 0 spiro atoms. The molecule has 0 heterocycles. The molecule has 0 aliphatic rings. The van der Waals surface area contributed by atoms with Crippen molar-refractivity contribution in [3.8, 4) is 0 Å². The van der Waals surface area contributed by atoms with Gasteiger partial charge in [0.25, 0.3) is 0 Å². The summed E-state index contributed by atoms with van der Waals surface area (Å²) < 4.78 is 55.0. The van der Waals surface area contributed by atoms with E-state index in [0.29, 0.717) is 17.5 Å². The van der Waals surface area contributed by atoms with Crippen LogP contribution in [0.25, 0.3) is 12.2 Å². The molecule has 4 heteroatoms. The SMILES string of the molecule is CC=CCCc1ccc(C=Cc2ccc(C[C@H](c3ccccc3)C(F)(F)F)cc2)cc1F. The summed E-state index contributed by atoms with van der Waals surface area (Å²) >= 11 is 0. The molecule has 0 fully saturated rings. The van der Waals surface area contributed by atoms with Crippen molar-refractivity contribution in [2.24, 2.45) is 0 Å². The lowest BCUT2D eigenvalue weighted by atomic mass is 9.91. The van der Waals surface area contributed by atoms with Gasteiger partial charge in [-0.2, -0.15) is 13.2 Å². The second-order valence-corrected chi connectivity index (χ2v) is 7.74. The maximum Gasteiger partial charge on any atom is 0.396 e. The van der Waals surface area contributed by atoms with Gasteiger partial charge >= 0.3 is 6.18 Å². The van der Waals surface area contributed by atoms with E-state index in [1.165, 1.54) is 18.2 Å². The third kappa shape index (κ3) is 6.68. The molecule has 0 radical (unpaired) electrons. The van der Waals surface area contributed by atoms with Crippen molar-refractivity contribution in [1.82, 2.24) is 0 Å². The minimum absolute atomic E-state index is 0.114. The molecular weight excluding hydrogens is 412 g/mol. The highest BCUT2D eigenvalue weighted by Crippen LogP contribution is 2.37. The lowest BCUT2D eigenvalue weighted by molar-refractivity contribution is -0.150. The number of hydrogen-bond acceptors (Lipinski definition) is 0. The highest BCUT2D eigenvalue weighted by Gasteiger charge is 2.40. The Morgan fingerprint density at radius 2 is 1.50 bits per heavy atom. The number of aryl methyl sites for hydroxylation is 1. The highest BCUT2D eigenvalue weighted by molar-refractivity contribution is 5.69. The smallest absolute Gasteiger partial charge is 0.207 e. The molecule has 0 saturated carbocycles. The summed E-state index contributed by atoms with van der Waals surface area (Å²) in [6, 6.07) is 20.1. The number of rotatable bonds is 8. The third-order valence-electron chi connectivity index (χ3n) is 5.38. The zero-order valence-corrected chi connectivity index (χ0v) is 17.9. The summed E-state index contributed by atoms with van der Waals surface area (Å²) in [5, 5.41) is 0. The van der Waals surface area contributed by atoms with Gasteiger partial charge in [0.15, 0.2) is 0 Å². The largest absolute Gasteiger partial charge is 0.396 e. The van der Waals surface area contributed by atoms with Crippen LogP contribution in [0.5, 0.6) is 0 Å². The van der Waals surface area contributed by atoms with E-state index in [-0.39, 0.29) is 17.8 Å². The van der Waals surface area contributed by atoms with Crippen molar-refractivity contribution in [2.45, 2.75) is 38.3 Å². The molecule has 32 heavy (non-hydrogen) atoms. The first-order valence-electron chi connectivity index (χ1n) is 10.6. The van der Waals surface area contributed by atoms with Gasteiger partial charge in [-0.05, 0) is 60.1 Å². The average molecular weight is 439 g/mol. The standard InChI is InChI=1S/C28H26F4/c1-2-3-5-10-25-18-17-23(20-27(25)29)16-13-21-11-14-22(15-12-21)19-26(28(30,31)32)24-8-6-4-7-9-24/h2-4,6-9,11-18,20,26H,5,10,19H2,1H3/t26-/m1/s1. The van der Waals surface area contributed by atoms with Crippen LogP contribution < -0.4 is 0 Å². The molecule has 3 rings (SSSR count). The van der Waals surface area contributed by atoms with Crippen LogP contribution in [0.4, 0.5) is 17.6 Å². The number of alkyl halides is 3. The fraction of sp³-hybridized carbons (Fsp3) is 0.214. The summed E-state index contributed by atoms with van der Waals surface area (Å²) in [5.41, 5.74) is 3.14. The van der Waals surface area contributed by atoms with Gasteiger partial charge in [0.1, 0.15) is 5.82 Å². The van der Waals surface area contributed by atoms with Crippen molar-refractivity contribution in [2.75, 3.05) is 0 Å². The zero-order chi connectivity index (χ0) is 23.0. The van der Waals surface area contributed by atoms with Gasteiger partial charge in [-0.1, -0.05) is 91.0 Å². The maximum absolute atomic E-state index is 14.3. The molecule has 0 aliphatic heterocycles. The van der Waals surface area contributed by atoms with E-state index in [1.54, 1.807) is 54.6 Å². The first kappa shape index (κ1) is 23.5. The van der Waals surface area contributed by atoms with Gasteiger partial charge in [0.2, 0.25) is 0 Å². The Morgan fingerprint density at radius 3 is 2.12 bits per heavy atom. The zero-order valence-electron chi connectivity index (χ0n) is 17.9. The Bertz CT molecular complexity index is 1050. The van der Waals surface area contributed by atoms with Crippen molar-refractivity contribution >= 4 is 12.2 Å². The number of benzene rings is 3. The molecule has 0 aromatic heterocycles. The lowest BCUT2D eigenvalue weighted by Crippen LogP contribution is -2.22. The Kier molecular flexibility index (Phi) is 8.04. The Labute approximate surface area is 186 Å². The van der Waals surface area contributed by atoms with E-state index < -0.39 is 12.1 Å². The molecule has 3 aromatic rings. The van der Waals surface area contributed by atoms with Crippen molar-refractivity contribution in [3.63, 3.8) is 0 Å². The molecule has 0 saturated heterocycles. The fourth-order valence-electron chi connectivity index (χ4n) is 3.58.